The van der Waals surface area contributed by atoms with Crippen LogP contribution in [0.3, 0.4) is 0 Å². The number of amides is 1. The van der Waals surface area contributed by atoms with Crippen LogP contribution in [0.1, 0.15) is 24.2 Å². The molecule has 0 heterocycles. The second-order valence-electron chi connectivity index (χ2n) is 6.79. The van der Waals surface area contributed by atoms with Crippen molar-refractivity contribution in [1.82, 2.24) is 0 Å². The lowest BCUT2D eigenvalue weighted by atomic mass is 10.2. The molecule has 3 rings (SSSR count). The SMILES string of the molecule is CC(C)Oc1ccc(NC(=O)c2cccc(S(=O)(=O)Nc3ccc(F)cc3)c2)cc1. The topological polar surface area (TPSA) is 84.5 Å². The Balaban J connectivity index is 1.73. The molecular weight excluding hydrogens is 407 g/mol. The standard InChI is InChI=1S/C22H21FN2O4S/c1-15(2)29-20-12-10-18(11-13-20)24-22(26)16-4-3-5-21(14-16)30(27,28)25-19-8-6-17(23)7-9-19/h3-15,25H,1-2H3,(H,24,26). The molecule has 0 fully saturated rings. The van der Waals surface area contributed by atoms with E-state index < -0.39 is 21.7 Å². The number of rotatable bonds is 7. The van der Waals surface area contributed by atoms with Crippen molar-refractivity contribution in [2.45, 2.75) is 24.8 Å². The Labute approximate surface area is 174 Å². The van der Waals surface area contributed by atoms with Crippen LogP contribution in [-0.4, -0.2) is 20.4 Å². The van der Waals surface area contributed by atoms with Crippen LogP contribution in [0.4, 0.5) is 15.8 Å². The van der Waals surface area contributed by atoms with Gasteiger partial charge in [0.25, 0.3) is 15.9 Å². The number of sulfonamides is 1. The van der Waals surface area contributed by atoms with Gasteiger partial charge in [0.1, 0.15) is 11.6 Å². The van der Waals surface area contributed by atoms with Gasteiger partial charge in [-0.3, -0.25) is 9.52 Å². The van der Waals surface area contributed by atoms with Crippen LogP contribution >= 0.6 is 0 Å². The number of anilines is 2. The van der Waals surface area contributed by atoms with Gasteiger partial charge < -0.3 is 10.1 Å². The second kappa shape index (κ2) is 8.96. The lowest BCUT2D eigenvalue weighted by Crippen LogP contribution is -2.16. The zero-order chi connectivity index (χ0) is 21.7. The van der Waals surface area contributed by atoms with Gasteiger partial charge >= 0.3 is 0 Å². The van der Waals surface area contributed by atoms with Gasteiger partial charge in [-0.25, -0.2) is 12.8 Å². The number of carbonyl (C=O) groups is 1. The molecule has 30 heavy (non-hydrogen) atoms. The smallest absolute Gasteiger partial charge is 0.261 e. The average molecular weight is 428 g/mol. The molecule has 3 aromatic rings. The van der Waals surface area contributed by atoms with Crippen molar-refractivity contribution >= 4 is 27.3 Å². The Bertz CT molecular complexity index is 1130. The summed E-state index contributed by atoms with van der Waals surface area (Å²) < 4.78 is 46.1. The van der Waals surface area contributed by atoms with Crippen molar-refractivity contribution in [1.29, 1.82) is 0 Å². The first kappa shape index (κ1) is 21.3. The number of benzene rings is 3. The molecule has 0 aliphatic heterocycles. The summed E-state index contributed by atoms with van der Waals surface area (Å²) in [5.41, 5.74) is 0.947. The zero-order valence-corrected chi connectivity index (χ0v) is 17.2. The maximum Gasteiger partial charge on any atom is 0.261 e. The highest BCUT2D eigenvalue weighted by atomic mass is 32.2. The second-order valence-corrected chi connectivity index (χ2v) is 8.47. The van der Waals surface area contributed by atoms with Gasteiger partial charge in [0.15, 0.2) is 0 Å². The maximum absolute atomic E-state index is 13.0. The molecule has 2 N–H and O–H groups in total. The van der Waals surface area contributed by atoms with Gasteiger partial charge in [-0.15, -0.1) is 0 Å². The Morgan fingerprint density at radius 2 is 1.57 bits per heavy atom. The van der Waals surface area contributed by atoms with Gasteiger partial charge in [0, 0.05) is 16.9 Å². The lowest BCUT2D eigenvalue weighted by molar-refractivity contribution is 0.102. The number of halogens is 1. The third kappa shape index (κ3) is 5.57. The number of carbonyl (C=O) groups excluding carboxylic acids is 1. The largest absolute Gasteiger partial charge is 0.491 e. The summed E-state index contributed by atoms with van der Waals surface area (Å²) in [7, 11) is -3.94. The summed E-state index contributed by atoms with van der Waals surface area (Å²) in [6.45, 7) is 3.84. The van der Waals surface area contributed by atoms with E-state index in [2.05, 4.69) is 10.0 Å². The third-order valence-corrected chi connectivity index (χ3v) is 5.37. The highest BCUT2D eigenvalue weighted by Gasteiger charge is 2.17. The summed E-state index contributed by atoms with van der Waals surface area (Å²) in [5, 5.41) is 2.72. The van der Waals surface area contributed by atoms with Crippen LogP contribution in [0.25, 0.3) is 0 Å². The van der Waals surface area contributed by atoms with Crippen molar-refractivity contribution in [2.24, 2.45) is 0 Å². The molecule has 156 valence electrons. The van der Waals surface area contributed by atoms with E-state index in [1.54, 1.807) is 24.3 Å². The van der Waals surface area contributed by atoms with Crippen molar-refractivity contribution in [3.63, 3.8) is 0 Å². The molecule has 6 nitrogen and oxygen atoms in total. The Morgan fingerprint density at radius 1 is 0.933 bits per heavy atom. The average Bonchev–Trinajstić information content (AvgIpc) is 2.71. The molecule has 0 aliphatic carbocycles. The molecule has 0 saturated heterocycles. The summed E-state index contributed by atoms with van der Waals surface area (Å²) in [6, 6.07) is 17.5. The van der Waals surface area contributed by atoms with E-state index in [0.717, 1.165) is 12.1 Å². The summed E-state index contributed by atoms with van der Waals surface area (Å²) >= 11 is 0. The van der Waals surface area contributed by atoms with Gasteiger partial charge in [-0.05, 0) is 80.6 Å². The first-order chi connectivity index (χ1) is 14.2. The van der Waals surface area contributed by atoms with E-state index in [9.17, 15) is 17.6 Å². The Hall–Kier alpha value is -3.39. The molecule has 0 aliphatic rings. The van der Waals surface area contributed by atoms with Gasteiger partial charge in [-0.2, -0.15) is 0 Å². The molecule has 0 unspecified atom stereocenters. The fourth-order valence-corrected chi connectivity index (χ4v) is 3.73. The van der Waals surface area contributed by atoms with Crippen molar-refractivity contribution in [2.75, 3.05) is 10.0 Å². The van der Waals surface area contributed by atoms with Crippen molar-refractivity contribution in [3.8, 4) is 5.75 Å². The third-order valence-electron chi connectivity index (χ3n) is 3.99. The van der Waals surface area contributed by atoms with Gasteiger partial charge in [0.05, 0.1) is 11.0 Å². The lowest BCUT2D eigenvalue weighted by Gasteiger charge is -2.11. The van der Waals surface area contributed by atoms with Crippen LogP contribution in [0, 0.1) is 5.82 Å². The van der Waals surface area contributed by atoms with Gasteiger partial charge in [0.2, 0.25) is 0 Å². The predicted octanol–water partition coefficient (Wildman–Crippen LogP) is 4.67. The van der Waals surface area contributed by atoms with Crippen LogP contribution in [0.5, 0.6) is 5.75 Å². The summed E-state index contributed by atoms with van der Waals surface area (Å²) in [4.78, 5) is 12.5. The monoisotopic (exact) mass is 428 g/mol. The zero-order valence-electron chi connectivity index (χ0n) is 16.4. The normalized spacial score (nSPS) is 11.2. The van der Waals surface area contributed by atoms with Crippen LogP contribution in [0.2, 0.25) is 0 Å². The molecule has 0 aromatic heterocycles. The minimum atomic E-state index is -3.94. The van der Waals surface area contributed by atoms with Crippen molar-refractivity contribution < 1.29 is 22.3 Å². The Kier molecular flexibility index (Phi) is 6.37. The van der Waals surface area contributed by atoms with E-state index >= 15 is 0 Å². The minimum Gasteiger partial charge on any atom is -0.491 e. The fraction of sp³-hybridized carbons (Fsp3) is 0.136. The molecule has 0 spiro atoms. The molecule has 8 heteroatoms. The highest BCUT2D eigenvalue weighted by molar-refractivity contribution is 7.92. The van der Waals surface area contributed by atoms with E-state index in [1.807, 2.05) is 13.8 Å². The minimum absolute atomic E-state index is 0.0404. The predicted molar refractivity (Wildman–Crippen MR) is 114 cm³/mol. The van der Waals surface area contributed by atoms with Crippen LogP contribution < -0.4 is 14.8 Å². The number of nitrogens with one attached hydrogen (secondary N) is 2. The van der Waals surface area contributed by atoms with Crippen LogP contribution in [-0.2, 0) is 10.0 Å². The molecular formula is C22H21FN2O4S. The first-order valence-electron chi connectivity index (χ1n) is 9.19. The van der Waals surface area contributed by atoms with E-state index in [-0.39, 0.29) is 22.3 Å². The quantitative estimate of drug-likeness (QED) is 0.573. The fourth-order valence-electron chi connectivity index (χ4n) is 2.63. The molecule has 3 aromatic carbocycles. The first-order valence-corrected chi connectivity index (χ1v) is 10.7. The molecule has 0 atom stereocenters. The number of ether oxygens (including phenoxy) is 1. The maximum atomic E-state index is 13.0. The molecule has 0 bridgehead atoms. The molecule has 0 radical (unpaired) electrons. The number of hydrogen-bond donors (Lipinski definition) is 2. The van der Waals surface area contributed by atoms with E-state index in [4.69, 9.17) is 4.74 Å². The summed E-state index contributed by atoms with van der Waals surface area (Å²) in [6.07, 6.45) is 0.0404. The van der Waals surface area contributed by atoms with E-state index in [1.165, 1.54) is 36.4 Å². The molecule has 0 saturated carbocycles. The van der Waals surface area contributed by atoms with E-state index in [0.29, 0.717) is 11.4 Å². The molecule has 1 amide bonds. The highest BCUT2D eigenvalue weighted by Crippen LogP contribution is 2.20. The van der Waals surface area contributed by atoms with Crippen molar-refractivity contribution in [3.05, 3.63) is 84.2 Å². The number of hydrogen-bond acceptors (Lipinski definition) is 4. The Morgan fingerprint density at radius 3 is 2.20 bits per heavy atom. The van der Waals surface area contributed by atoms with Crippen LogP contribution in [0.15, 0.2) is 77.7 Å². The van der Waals surface area contributed by atoms with Gasteiger partial charge in [-0.1, -0.05) is 6.07 Å². The summed E-state index contributed by atoms with van der Waals surface area (Å²) in [5.74, 6) is -0.241.